The molecule has 0 aromatic heterocycles. The Labute approximate surface area is 66.0 Å². The summed E-state index contributed by atoms with van der Waals surface area (Å²) in [5.74, 6) is 0. The number of allylic oxidation sites excluding steroid dienone is 2. The van der Waals surface area contributed by atoms with E-state index in [0.29, 0.717) is 0 Å². The third kappa shape index (κ3) is 2.80. The van der Waals surface area contributed by atoms with Crippen molar-refractivity contribution in [2.45, 2.75) is 19.3 Å². The van der Waals surface area contributed by atoms with Crippen molar-refractivity contribution < 1.29 is 0 Å². The zero-order valence-electron chi connectivity index (χ0n) is 5.71. The quantitative estimate of drug-likeness (QED) is 0.545. The predicted molar refractivity (Wildman–Crippen MR) is 47.7 cm³/mol. The van der Waals surface area contributed by atoms with Gasteiger partial charge in [0, 0.05) is 5.70 Å². The zero-order chi connectivity index (χ0) is 7.61. The Balaban J connectivity index is 2.46. The minimum atomic E-state index is -2.20. The van der Waals surface area contributed by atoms with Gasteiger partial charge in [0.1, 0.15) is 0 Å². The van der Waals surface area contributed by atoms with E-state index in [1.165, 1.54) is 6.42 Å². The standard InChI is InChI=1S/C5H12N3PS/c6-9(7,10)8-5-3-1-2-4-5/h3H,1-2,4H2,(H5,6,7,8,10). The molecule has 0 heterocycles. The molecule has 1 rings (SSSR count). The smallest absolute Gasteiger partial charge is 0.156 e. The average molecular weight is 177 g/mol. The molecule has 0 saturated heterocycles. The lowest BCUT2D eigenvalue weighted by Gasteiger charge is -2.13. The molecule has 0 saturated carbocycles. The molecule has 0 spiro atoms. The van der Waals surface area contributed by atoms with Crippen LogP contribution in [0.5, 0.6) is 0 Å². The SMILES string of the molecule is NP(N)(=S)NC1=CCCC1. The zero-order valence-corrected chi connectivity index (χ0v) is 7.42. The van der Waals surface area contributed by atoms with E-state index >= 15 is 0 Å². The van der Waals surface area contributed by atoms with Crippen molar-refractivity contribution in [3.8, 4) is 0 Å². The molecule has 0 aliphatic heterocycles. The van der Waals surface area contributed by atoms with Crippen molar-refractivity contribution in [2.24, 2.45) is 11.0 Å². The second kappa shape index (κ2) is 3.01. The molecule has 0 amide bonds. The van der Waals surface area contributed by atoms with E-state index in [2.05, 4.69) is 11.2 Å². The minimum Gasteiger partial charge on any atom is -0.339 e. The van der Waals surface area contributed by atoms with Gasteiger partial charge in [-0.1, -0.05) is 6.08 Å². The van der Waals surface area contributed by atoms with E-state index in [1.54, 1.807) is 0 Å². The molecule has 0 bridgehead atoms. The first-order valence-corrected chi connectivity index (χ1v) is 6.16. The monoisotopic (exact) mass is 177 g/mol. The van der Waals surface area contributed by atoms with Gasteiger partial charge in [0.2, 0.25) is 0 Å². The van der Waals surface area contributed by atoms with Crippen LogP contribution in [0.3, 0.4) is 0 Å². The summed E-state index contributed by atoms with van der Waals surface area (Å²) < 4.78 is 0. The van der Waals surface area contributed by atoms with Crippen LogP contribution in [-0.4, -0.2) is 0 Å². The molecule has 1 aliphatic rings. The molecule has 0 aromatic carbocycles. The van der Waals surface area contributed by atoms with E-state index in [1.807, 2.05) is 0 Å². The third-order valence-corrected chi connectivity index (χ3v) is 2.27. The van der Waals surface area contributed by atoms with Gasteiger partial charge in [-0.3, -0.25) is 11.0 Å². The lowest BCUT2D eigenvalue weighted by Crippen LogP contribution is -2.20. The lowest BCUT2D eigenvalue weighted by atomic mass is 10.3. The van der Waals surface area contributed by atoms with Gasteiger partial charge in [-0.15, -0.1) is 0 Å². The molecule has 0 radical (unpaired) electrons. The van der Waals surface area contributed by atoms with Gasteiger partial charge in [-0.2, -0.15) is 0 Å². The van der Waals surface area contributed by atoms with Crippen LogP contribution in [-0.2, 0) is 11.8 Å². The van der Waals surface area contributed by atoms with Gasteiger partial charge >= 0.3 is 0 Å². The molecular weight excluding hydrogens is 165 g/mol. The first-order chi connectivity index (χ1) is 4.58. The van der Waals surface area contributed by atoms with Crippen LogP contribution < -0.4 is 16.1 Å². The molecule has 0 unspecified atom stereocenters. The van der Waals surface area contributed by atoms with E-state index in [9.17, 15) is 0 Å². The molecule has 58 valence electrons. The molecule has 5 N–H and O–H groups in total. The highest BCUT2D eigenvalue weighted by atomic mass is 32.4. The predicted octanol–water partition coefficient (Wildman–Crippen LogP) is 0.786. The van der Waals surface area contributed by atoms with Crippen LogP contribution in [0.15, 0.2) is 11.8 Å². The van der Waals surface area contributed by atoms with Gasteiger partial charge in [0.05, 0.1) is 0 Å². The van der Waals surface area contributed by atoms with Crippen LogP contribution >= 0.6 is 6.49 Å². The summed E-state index contributed by atoms with van der Waals surface area (Å²) in [7, 11) is 0. The van der Waals surface area contributed by atoms with Crippen LogP contribution in [0.2, 0.25) is 0 Å². The average Bonchev–Trinajstić information content (AvgIpc) is 2.12. The molecule has 0 aromatic rings. The van der Waals surface area contributed by atoms with E-state index < -0.39 is 6.49 Å². The highest BCUT2D eigenvalue weighted by Gasteiger charge is 2.08. The van der Waals surface area contributed by atoms with Crippen LogP contribution in [0.4, 0.5) is 0 Å². The Bertz CT molecular complexity index is 195. The highest BCUT2D eigenvalue weighted by Crippen LogP contribution is 2.26. The summed E-state index contributed by atoms with van der Waals surface area (Å²) in [4.78, 5) is 0. The Hall–Kier alpha value is 0.110. The van der Waals surface area contributed by atoms with Crippen molar-refractivity contribution in [3.63, 3.8) is 0 Å². The van der Waals surface area contributed by atoms with Crippen molar-refractivity contribution >= 4 is 18.3 Å². The second-order valence-corrected chi connectivity index (χ2v) is 5.90. The first-order valence-electron chi connectivity index (χ1n) is 3.22. The van der Waals surface area contributed by atoms with Gasteiger partial charge in [0.25, 0.3) is 0 Å². The van der Waals surface area contributed by atoms with Crippen LogP contribution in [0.1, 0.15) is 19.3 Å². The van der Waals surface area contributed by atoms with E-state index in [4.69, 9.17) is 22.8 Å². The summed E-state index contributed by atoms with van der Waals surface area (Å²) in [6.07, 6.45) is 5.48. The lowest BCUT2D eigenvalue weighted by molar-refractivity contribution is 0.885. The van der Waals surface area contributed by atoms with Gasteiger partial charge in [-0.05, 0) is 31.1 Å². The maximum Gasteiger partial charge on any atom is 0.156 e. The summed E-state index contributed by atoms with van der Waals surface area (Å²) in [6.45, 7) is -2.20. The van der Waals surface area contributed by atoms with Gasteiger partial charge in [0.15, 0.2) is 6.49 Å². The highest BCUT2D eigenvalue weighted by molar-refractivity contribution is 8.11. The normalized spacial score (nSPS) is 18.8. The van der Waals surface area contributed by atoms with Gasteiger partial charge in [-0.25, -0.2) is 0 Å². The molecule has 0 fully saturated rings. The maximum absolute atomic E-state index is 5.47. The molecule has 5 heteroatoms. The summed E-state index contributed by atoms with van der Waals surface area (Å²) in [5.41, 5.74) is 12.1. The van der Waals surface area contributed by atoms with Gasteiger partial charge < -0.3 is 5.09 Å². The molecule has 3 nitrogen and oxygen atoms in total. The number of hydrogen-bond acceptors (Lipinski definition) is 1. The first kappa shape index (κ1) is 8.21. The second-order valence-electron chi connectivity index (χ2n) is 2.44. The van der Waals surface area contributed by atoms with Crippen LogP contribution in [0.25, 0.3) is 0 Å². The summed E-state index contributed by atoms with van der Waals surface area (Å²) in [5, 5.41) is 2.96. The van der Waals surface area contributed by atoms with E-state index in [0.717, 1.165) is 18.5 Å². The Kier molecular flexibility index (Phi) is 2.47. The number of rotatable bonds is 2. The number of nitrogens with one attached hydrogen (secondary N) is 1. The Morgan fingerprint density at radius 2 is 2.30 bits per heavy atom. The fourth-order valence-corrected chi connectivity index (χ4v) is 2.00. The van der Waals surface area contributed by atoms with Crippen LogP contribution in [0, 0.1) is 0 Å². The fourth-order valence-electron chi connectivity index (χ4n) is 0.997. The Morgan fingerprint density at radius 3 is 2.70 bits per heavy atom. The molecule has 1 aliphatic carbocycles. The minimum absolute atomic E-state index is 1.05. The van der Waals surface area contributed by atoms with Crippen molar-refractivity contribution in [1.29, 1.82) is 0 Å². The van der Waals surface area contributed by atoms with E-state index in [-0.39, 0.29) is 0 Å². The Morgan fingerprint density at radius 1 is 1.60 bits per heavy atom. The number of nitrogens with two attached hydrogens (primary N) is 2. The largest absolute Gasteiger partial charge is 0.339 e. The summed E-state index contributed by atoms with van der Waals surface area (Å²) in [6, 6.07) is 0. The molecule has 10 heavy (non-hydrogen) atoms. The summed E-state index contributed by atoms with van der Waals surface area (Å²) >= 11 is 4.84. The number of hydrogen-bond donors (Lipinski definition) is 3. The fraction of sp³-hybridized carbons (Fsp3) is 0.600. The molecule has 0 atom stereocenters. The third-order valence-electron chi connectivity index (χ3n) is 1.36. The topological polar surface area (TPSA) is 64.1 Å². The maximum atomic E-state index is 5.47. The molecular formula is C5H12N3PS. The van der Waals surface area contributed by atoms with Crippen molar-refractivity contribution in [2.75, 3.05) is 0 Å². The van der Waals surface area contributed by atoms with Crippen molar-refractivity contribution in [1.82, 2.24) is 5.09 Å². The van der Waals surface area contributed by atoms with Crippen molar-refractivity contribution in [3.05, 3.63) is 11.8 Å².